The highest BCUT2D eigenvalue weighted by Crippen LogP contribution is 2.14. The maximum atomic E-state index is 10.8. The molecule has 1 aromatic carbocycles. The number of carboxylic acids is 1. The second-order valence-corrected chi connectivity index (χ2v) is 3.02. The third kappa shape index (κ3) is 3.31. The van der Waals surface area contributed by atoms with Gasteiger partial charge < -0.3 is 14.6 Å². The molecule has 0 unspecified atom stereocenters. The minimum atomic E-state index is -1.07. The van der Waals surface area contributed by atoms with Crippen LogP contribution in [0, 0.1) is 0 Å². The van der Waals surface area contributed by atoms with E-state index in [9.17, 15) is 4.79 Å². The fourth-order valence-electron chi connectivity index (χ4n) is 1.17. The number of carboxylic acid groups (broad SMARTS) is 1. The molecule has 0 saturated heterocycles. The van der Waals surface area contributed by atoms with Crippen molar-refractivity contribution in [2.45, 2.75) is 6.92 Å². The lowest BCUT2D eigenvalue weighted by molar-refractivity contribution is -0.136. The van der Waals surface area contributed by atoms with Gasteiger partial charge in [0.05, 0.1) is 13.7 Å². The van der Waals surface area contributed by atoms with E-state index >= 15 is 0 Å². The first-order valence-electron chi connectivity index (χ1n) is 4.89. The zero-order chi connectivity index (χ0) is 12.0. The fourth-order valence-corrected chi connectivity index (χ4v) is 1.17. The van der Waals surface area contributed by atoms with Crippen molar-refractivity contribution < 1.29 is 19.4 Å². The van der Waals surface area contributed by atoms with E-state index in [0.717, 1.165) is 11.3 Å². The van der Waals surface area contributed by atoms with E-state index in [4.69, 9.17) is 14.6 Å². The van der Waals surface area contributed by atoms with Gasteiger partial charge in [-0.05, 0) is 30.7 Å². The highest BCUT2D eigenvalue weighted by atomic mass is 16.5. The summed E-state index contributed by atoms with van der Waals surface area (Å²) in [6.07, 6.45) is 1.48. The predicted octanol–water partition coefficient (Wildman–Crippen LogP) is 2.16. The molecule has 0 heterocycles. The molecular weight excluding hydrogens is 208 g/mol. The number of rotatable bonds is 5. The Morgan fingerprint density at radius 3 is 2.44 bits per heavy atom. The Labute approximate surface area is 94.1 Å². The van der Waals surface area contributed by atoms with Gasteiger partial charge in [0.1, 0.15) is 5.75 Å². The molecule has 16 heavy (non-hydrogen) atoms. The lowest BCUT2D eigenvalue weighted by Crippen LogP contribution is -2.04. The second kappa shape index (κ2) is 5.80. The summed E-state index contributed by atoms with van der Waals surface area (Å²) in [4.78, 5) is 10.8. The van der Waals surface area contributed by atoms with Crippen LogP contribution in [0.2, 0.25) is 0 Å². The van der Waals surface area contributed by atoms with Gasteiger partial charge in [-0.3, -0.25) is 0 Å². The van der Waals surface area contributed by atoms with Crippen LogP contribution < -0.4 is 4.74 Å². The van der Waals surface area contributed by atoms with Crippen LogP contribution >= 0.6 is 0 Å². The van der Waals surface area contributed by atoms with Crippen molar-refractivity contribution >= 4 is 12.0 Å². The van der Waals surface area contributed by atoms with E-state index in [1.54, 1.807) is 38.3 Å². The first-order chi connectivity index (χ1) is 7.67. The van der Waals surface area contributed by atoms with Gasteiger partial charge in [-0.25, -0.2) is 4.79 Å². The Morgan fingerprint density at radius 1 is 1.38 bits per heavy atom. The minimum absolute atomic E-state index is 0.0623. The average molecular weight is 222 g/mol. The number of ether oxygens (including phenoxy) is 2. The highest BCUT2D eigenvalue weighted by Gasteiger charge is 2.07. The van der Waals surface area contributed by atoms with Crippen LogP contribution in [0.5, 0.6) is 5.75 Å². The maximum Gasteiger partial charge on any atom is 0.371 e. The van der Waals surface area contributed by atoms with Crippen LogP contribution in [-0.2, 0) is 9.53 Å². The van der Waals surface area contributed by atoms with Crippen molar-refractivity contribution in [2.24, 2.45) is 0 Å². The van der Waals surface area contributed by atoms with Crippen molar-refractivity contribution in [2.75, 3.05) is 13.7 Å². The predicted molar refractivity (Wildman–Crippen MR) is 60.2 cm³/mol. The number of aliphatic carboxylic acids is 1. The molecule has 0 aliphatic carbocycles. The van der Waals surface area contributed by atoms with Gasteiger partial charge in [-0.15, -0.1) is 0 Å². The third-order valence-electron chi connectivity index (χ3n) is 1.92. The molecule has 0 radical (unpaired) electrons. The molecule has 4 nitrogen and oxygen atoms in total. The largest absolute Gasteiger partial charge is 0.497 e. The van der Waals surface area contributed by atoms with E-state index in [0.29, 0.717) is 6.61 Å². The molecule has 0 aliphatic heterocycles. The number of hydrogen-bond acceptors (Lipinski definition) is 3. The SMILES string of the molecule is CCO/C(=C/c1ccc(OC)cc1)C(=O)O. The lowest BCUT2D eigenvalue weighted by Gasteiger charge is -2.04. The molecule has 0 saturated carbocycles. The van der Waals surface area contributed by atoms with Crippen molar-refractivity contribution in [3.63, 3.8) is 0 Å². The van der Waals surface area contributed by atoms with Crippen LogP contribution in [0.25, 0.3) is 6.08 Å². The molecule has 0 spiro atoms. The standard InChI is InChI=1S/C12H14O4/c1-3-16-11(12(13)14)8-9-4-6-10(15-2)7-5-9/h4-8H,3H2,1-2H3,(H,13,14)/b11-8+. The topological polar surface area (TPSA) is 55.8 Å². The first-order valence-corrected chi connectivity index (χ1v) is 4.89. The summed E-state index contributed by atoms with van der Waals surface area (Å²) in [6.45, 7) is 2.07. The Kier molecular flexibility index (Phi) is 4.39. The van der Waals surface area contributed by atoms with Crippen LogP contribution in [0.15, 0.2) is 30.0 Å². The zero-order valence-corrected chi connectivity index (χ0v) is 9.27. The molecule has 4 heteroatoms. The Hall–Kier alpha value is -1.97. The van der Waals surface area contributed by atoms with Crippen LogP contribution in [0.4, 0.5) is 0 Å². The second-order valence-electron chi connectivity index (χ2n) is 3.02. The average Bonchev–Trinajstić information content (AvgIpc) is 2.29. The maximum absolute atomic E-state index is 10.8. The van der Waals surface area contributed by atoms with E-state index < -0.39 is 5.97 Å². The number of methoxy groups -OCH3 is 1. The van der Waals surface area contributed by atoms with Crippen LogP contribution in [0.3, 0.4) is 0 Å². The molecule has 0 aromatic heterocycles. The van der Waals surface area contributed by atoms with Gasteiger partial charge in [0.15, 0.2) is 0 Å². The van der Waals surface area contributed by atoms with Crippen molar-refractivity contribution in [3.8, 4) is 5.75 Å². The summed E-state index contributed by atoms with van der Waals surface area (Å²) in [7, 11) is 1.58. The van der Waals surface area contributed by atoms with E-state index in [1.807, 2.05) is 0 Å². The molecular formula is C12H14O4. The smallest absolute Gasteiger partial charge is 0.371 e. The molecule has 1 aromatic rings. The molecule has 0 atom stereocenters. The summed E-state index contributed by atoms with van der Waals surface area (Å²) in [6, 6.07) is 7.05. The van der Waals surface area contributed by atoms with Gasteiger partial charge in [0.25, 0.3) is 0 Å². The zero-order valence-electron chi connectivity index (χ0n) is 9.27. The highest BCUT2D eigenvalue weighted by molar-refractivity contribution is 5.89. The van der Waals surface area contributed by atoms with E-state index in [1.165, 1.54) is 6.08 Å². The lowest BCUT2D eigenvalue weighted by atomic mass is 10.2. The summed E-state index contributed by atoms with van der Waals surface area (Å²) in [5.41, 5.74) is 0.756. The molecule has 1 N–H and O–H groups in total. The Balaban J connectivity index is 2.89. The van der Waals surface area contributed by atoms with Gasteiger partial charge in [0, 0.05) is 0 Å². The van der Waals surface area contributed by atoms with Gasteiger partial charge in [-0.2, -0.15) is 0 Å². The van der Waals surface area contributed by atoms with Crippen molar-refractivity contribution in [3.05, 3.63) is 35.6 Å². The molecule has 0 amide bonds. The Morgan fingerprint density at radius 2 is 2.00 bits per heavy atom. The van der Waals surface area contributed by atoms with Crippen molar-refractivity contribution in [1.82, 2.24) is 0 Å². The summed E-state index contributed by atoms with van der Waals surface area (Å²) in [5.74, 6) is -0.407. The molecule has 1 rings (SSSR count). The number of carbonyl (C=O) groups is 1. The quantitative estimate of drug-likeness (QED) is 0.612. The van der Waals surface area contributed by atoms with Gasteiger partial charge in [0.2, 0.25) is 5.76 Å². The Bertz CT molecular complexity index is 379. The molecule has 0 aliphatic rings. The van der Waals surface area contributed by atoms with Gasteiger partial charge in [-0.1, -0.05) is 12.1 Å². The van der Waals surface area contributed by atoms with Crippen LogP contribution in [-0.4, -0.2) is 24.8 Å². The van der Waals surface area contributed by atoms with Crippen molar-refractivity contribution in [1.29, 1.82) is 0 Å². The summed E-state index contributed by atoms with van der Waals surface area (Å²) in [5, 5.41) is 8.85. The number of benzene rings is 1. The van der Waals surface area contributed by atoms with E-state index in [2.05, 4.69) is 0 Å². The van der Waals surface area contributed by atoms with E-state index in [-0.39, 0.29) is 5.76 Å². The molecule has 0 fully saturated rings. The van der Waals surface area contributed by atoms with Gasteiger partial charge >= 0.3 is 5.97 Å². The molecule has 0 bridgehead atoms. The summed E-state index contributed by atoms with van der Waals surface area (Å²) < 4.78 is 10.00. The number of hydrogen-bond donors (Lipinski definition) is 1. The van der Waals surface area contributed by atoms with Crippen LogP contribution in [0.1, 0.15) is 12.5 Å². The summed E-state index contributed by atoms with van der Waals surface area (Å²) >= 11 is 0. The first kappa shape index (κ1) is 12.1. The molecule has 86 valence electrons. The third-order valence-corrected chi connectivity index (χ3v) is 1.92. The monoisotopic (exact) mass is 222 g/mol. The normalized spacial score (nSPS) is 11.0. The minimum Gasteiger partial charge on any atom is -0.497 e. The fraction of sp³-hybridized carbons (Fsp3) is 0.250.